The van der Waals surface area contributed by atoms with E-state index in [0.29, 0.717) is 6.61 Å². The van der Waals surface area contributed by atoms with Crippen LogP contribution in [0.5, 0.6) is 5.75 Å². The average molecular weight is 250 g/mol. The van der Waals surface area contributed by atoms with Gasteiger partial charge < -0.3 is 19.6 Å². The lowest BCUT2D eigenvalue weighted by Crippen LogP contribution is -2.53. The molecule has 1 aliphatic heterocycles. The second-order valence-corrected chi connectivity index (χ2v) is 4.72. The number of hydrogen-bond acceptors (Lipinski definition) is 4. The minimum atomic E-state index is 0.182. The van der Waals surface area contributed by atoms with E-state index in [4.69, 9.17) is 4.74 Å². The van der Waals surface area contributed by atoms with Crippen molar-refractivity contribution in [3.8, 4) is 5.75 Å². The maximum Gasteiger partial charge on any atom is 0.119 e. The summed E-state index contributed by atoms with van der Waals surface area (Å²) in [6.45, 7) is 5.75. The van der Waals surface area contributed by atoms with Crippen molar-refractivity contribution >= 4 is 5.69 Å². The fraction of sp³-hybridized carbons (Fsp3) is 0.571. The number of rotatable bonds is 4. The van der Waals surface area contributed by atoms with Gasteiger partial charge in [0, 0.05) is 25.3 Å². The van der Waals surface area contributed by atoms with Crippen LogP contribution in [0.4, 0.5) is 5.69 Å². The van der Waals surface area contributed by atoms with Crippen LogP contribution in [-0.2, 0) is 0 Å². The molecule has 1 aromatic carbocycles. The van der Waals surface area contributed by atoms with Crippen molar-refractivity contribution in [3.05, 3.63) is 24.3 Å². The topological polar surface area (TPSA) is 35.9 Å². The van der Waals surface area contributed by atoms with Crippen LogP contribution < -0.4 is 9.64 Å². The molecule has 1 saturated heterocycles. The van der Waals surface area contributed by atoms with Gasteiger partial charge in [-0.3, -0.25) is 0 Å². The van der Waals surface area contributed by atoms with Gasteiger partial charge >= 0.3 is 0 Å². The summed E-state index contributed by atoms with van der Waals surface area (Å²) < 4.78 is 5.44. The maximum atomic E-state index is 9.49. The van der Waals surface area contributed by atoms with Gasteiger partial charge in [-0.1, -0.05) is 0 Å². The standard InChI is InChI=1S/C14H22N2O2/c1-3-18-14-6-4-12(5-7-14)16-9-8-15(2)10-13(16)11-17/h4-7,13,17H,3,8-11H2,1-2H3. The van der Waals surface area contributed by atoms with Gasteiger partial charge in [0.1, 0.15) is 5.75 Å². The number of aliphatic hydroxyl groups excluding tert-OH is 1. The van der Waals surface area contributed by atoms with Crippen molar-refractivity contribution in [1.29, 1.82) is 0 Å². The molecule has 4 heteroatoms. The molecule has 1 aromatic rings. The van der Waals surface area contributed by atoms with Gasteiger partial charge in [-0.25, -0.2) is 0 Å². The van der Waals surface area contributed by atoms with E-state index >= 15 is 0 Å². The average Bonchev–Trinajstić information content (AvgIpc) is 2.40. The number of piperazine rings is 1. The molecule has 100 valence electrons. The first-order chi connectivity index (χ1) is 8.74. The van der Waals surface area contributed by atoms with Crippen molar-refractivity contribution in [2.75, 3.05) is 44.8 Å². The predicted octanol–water partition coefficient (Wildman–Crippen LogP) is 1.20. The molecule has 1 heterocycles. The molecule has 0 amide bonds. The molecule has 0 bridgehead atoms. The van der Waals surface area contributed by atoms with Crippen LogP contribution >= 0.6 is 0 Å². The molecule has 4 nitrogen and oxygen atoms in total. The minimum Gasteiger partial charge on any atom is -0.494 e. The van der Waals surface area contributed by atoms with E-state index in [1.165, 1.54) is 0 Å². The molecule has 1 atom stereocenters. The zero-order valence-corrected chi connectivity index (χ0v) is 11.2. The Kier molecular flexibility index (Phi) is 4.44. The van der Waals surface area contributed by atoms with Gasteiger partial charge in [0.25, 0.3) is 0 Å². The van der Waals surface area contributed by atoms with Crippen LogP contribution in [0, 0.1) is 0 Å². The van der Waals surface area contributed by atoms with Crippen molar-refractivity contribution < 1.29 is 9.84 Å². The zero-order chi connectivity index (χ0) is 13.0. The first kappa shape index (κ1) is 13.2. The quantitative estimate of drug-likeness (QED) is 0.871. The van der Waals surface area contributed by atoms with Crippen molar-refractivity contribution in [1.82, 2.24) is 4.90 Å². The lowest BCUT2D eigenvalue weighted by atomic mass is 10.1. The fourth-order valence-electron chi connectivity index (χ4n) is 2.41. The number of benzene rings is 1. The molecule has 2 rings (SSSR count). The summed E-state index contributed by atoms with van der Waals surface area (Å²) in [5.41, 5.74) is 1.16. The Morgan fingerprint density at radius 2 is 2.00 bits per heavy atom. The van der Waals surface area contributed by atoms with E-state index < -0.39 is 0 Å². The van der Waals surface area contributed by atoms with Crippen molar-refractivity contribution in [2.24, 2.45) is 0 Å². The summed E-state index contributed by atoms with van der Waals surface area (Å²) in [6.07, 6.45) is 0. The van der Waals surface area contributed by atoms with Gasteiger partial charge in [-0.2, -0.15) is 0 Å². The molecule has 1 fully saturated rings. The third kappa shape index (κ3) is 2.94. The van der Waals surface area contributed by atoms with Crippen LogP contribution in [-0.4, -0.2) is 55.9 Å². The van der Waals surface area contributed by atoms with E-state index in [9.17, 15) is 5.11 Å². The SMILES string of the molecule is CCOc1ccc(N2CCN(C)CC2CO)cc1. The first-order valence-electron chi connectivity index (χ1n) is 6.53. The van der Waals surface area contributed by atoms with Gasteiger partial charge in [0.2, 0.25) is 0 Å². The number of likely N-dealkylation sites (N-methyl/N-ethyl adjacent to an activating group) is 1. The van der Waals surface area contributed by atoms with Crippen molar-refractivity contribution in [3.63, 3.8) is 0 Å². The second-order valence-electron chi connectivity index (χ2n) is 4.72. The number of nitrogens with zero attached hydrogens (tertiary/aromatic N) is 2. The molecule has 0 saturated carbocycles. The number of ether oxygens (including phenoxy) is 1. The van der Waals surface area contributed by atoms with E-state index in [-0.39, 0.29) is 12.6 Å². The zero-order valence-electron chi connectivity index (χ0n) is 11.2. The number of aliphatic hydroxyl groups is 1. The fourth-order valence-corrected chi connectivity index (χ4v) is 2.41. The highest BCUT2D eigenvalue weighted by Gasteiger charge is 2.24. The van der Waals surface area contributed by atoms with Gasteiger partial charge in [0.15, 0.2) is 0 Å². The highest BCUT2D eigenvalue weighted by Crippen LogP contribution is 2.23. The van der Waals surface area contributed by atoms with E-state index in [1.54, 1.807) is 0 Å². The Hall–Kier alpha value is -1.26. The number of anilines is 1. The maximum absolute atomic E-state index is 9.49. The summed E-state index contributed by atoms with van der Waals surface area (Å²) in [6, 6.07) is 8.30. The Balaban J connectivity index is 2.09. The van der Waals surface area contributed by atoms with Crippen LogP contribution in [0.15, 0.2) is 24.3 Å². The Bertz CT molecular complexity index is 367. The highest BCUT2D eigenvalue weighted by atomic mass is 16.5. The molecule has 0 radical (unpaired) electrons. The molecule has 0 aromatic heterocycles. The third-order valence-corrected chi connectivity index (χ3v) is 3.38. The van der Waals surface area contributed by atoms with Crippen LogP contribution in [0.25, 0.3) is 0 Å². The molecular formula is C14H22N2O2. The lowest BCUT2D eigenvalue weighted by molar-refractivity contribution is 0.191. The summed E-state index contributed by atoms with van der Waals surface area (Å²) in [7, 11) is 2.10. The molecule has 1 N–H and O–H groups in total. The summed E-state index contributed by atoms with van der Waals surface area (Å²) in [5.74, 6) is 0.899. The van der Waals surface area contributed by atoms with E-state index in [2.05, 4.69) is 29.0 Å². The Morgan fingerprint density at radius 1 is 1.28 bits per heavy atom. The summed E-state index contributed by atoms with van der Waals surface area (Å²) in [5, 5.41) is 9.49. The van der Waals surface area contributed by atoms with Gasteiger partial charge in [0.05, 0.1) is 19.3 Å². The van der Waals surface area contributed by atoms with E-state index in [0.717, 1.165) is 31.1 Å². The lowest BCUT2D eigenvalue weighted by Gasteiger charge is -2.40. The molecule has 0 aliphatic carbocycles. The Morgan fingerprint density at radius 3 is 2.61 bits per heavy atom. The highest BCUT2D eigenvalue weighted by molar-refractivity contribution is 5.50. The molecule has 0 spiro atoms. The van der Waals surface area contributed by atoms with E-state index in [1.807, 2.05) is 19.1 Å². The third-order valence-electron chi connectivity index (χ3n) is 3.38. The molecule has 1 unspecified atom stereocenters. The van der Waals surface area contributed by atoms with Crippen LogP contribution in [0.3, 0.4) is 0 Å². The number of hydrogen-bond donors (Lipinski definition) is 1. The van der Waals surface area contributed by atoms with Crippen molar-refractivity contribution in [2.45, 2.75) is 13.0 Å². The molecule has 1 aliphatic rings. The monoisotopic (exact) mass is 250 g/mol. The normalized spacial score (nSPS) is 21.1. The van der Waals surface area contributed by atoms with Crippen LogP contribution in [0.2, 0.25) is 0 Å². The van der Waals surface area contributed by atoms with Gasteiger partial charge in [-0.05, 0) is 38.2 Å². The van der Waals surface area contributed by atoms with Crippen LogP contribution in [0.1, 0.15) is 6.92 Å². The predicted molar refractivity (Wildman–Crippen MR) is 73.3 cm³/mol. The minimum absolute atomic E-state index is 0.182. The summed E-state index contributed by atoms with van der Waals surface area (Å²) in [4.78, 5) is 4.53. The molecule has 18 heavy (non-hydrogen) atoms. The molecular weight excluding hydrogens is 228 g/mol. The Labute approximate surface area is 109 Å². The largest absolute Gasteiger partial charge is 0.494 e. The van der Waals surface area contributed by atoms with Gasteiger partial charge in [-0.15, -0.1) is 0 Å². The smallest absolute Gasteiger partial charge is 0.119 e. The first-order valence-corrected chi connectivity index (χ1v) is 6.53. The second kappa shape index (κ2) is 6.07. The summed E-state index contributed by atoms with van der Waals surface area (Å²) >= 11 is 0.